The van der Waals surface area contributed by atoms with Gasteiger partial charge in [-0.25, -0.2) is 4.98 Å². The van der Waals surface area contributed by atoms with Gasteiger partial charge in [0.05, 0.1) is 18.2 Å². The molecule has 1 aliphatic rings. The molecule has 3 heterocycles. The van der Waals surface area contributed by atoms with E-state index in [0.29, 0.717) is 28.6 Å². The second-order valence-corrected chi connectivity index (χ2v) is 7.51. The standard InChI is InChI=1S/C21H18N6O2S/c1-29-21(9-8-15-2-4-16(12-22)5-3-15)10-11-27(14-21)19-7-6-17(24-25-19)20-23-18(13-28)26-30-20/h2-7,28H,10-11,13-14H2,1H3. The number of hydrogen-bond acceptors (Lipinski definition) is 9. The summed E-state index contributed by atoms with van der Waals surface area (Å²) >= 11 is 1.18. The van der Waals surface area contributed by atoms with Crippen molar-refractivity contribution >= 4 is 17.4 Å². The second-order valence-electron chi connectivity index (χ2n) is 6.76. The van der Waals surface area contributed by atoms with Gasteiger partial charge in [0.1, 0.15) is 17.9 Å². The average molecular weight is 418 g/mol. The first-order valence-corrected chi connectivity index (χ1v) is 10.0. The van der Waals surface area contributed by atoms with Crippen molar-refractivity contribution in [3.8, 4) is 28.6 Å². The molecule has 0 bridgehead atoms. The van der Waals surface area contributed by atoms with Crippen molar-refractivity contribution in [3.63, 3.8) is 0 Å². The fourth-order valence-electron chi connectivity index (χ4n) is 3.14. The van der Waals surface area contributed by atoms with E-state index in [-0.39, 0.29) is 6.61 Å². The van der Waals surface area contributed by atoms with Crippen LogP contribution in [-0.2, 0) is 11.3 Å². The number of ether oxygens (including phenoxy) is 1. The van der Waals surface area contributed by atoms with Crippen LogP contribution in [0.15, 0.2) is 36.4 Å². The Morgan fingerprint density at radius 3 is 2.63 bits per heavy atom. The third-order valence-corrected chi connectivity index (χ3v) is 5.65. The van der Waals surface area contributed by atoms with Crippen LogP contribution >= 0.6 is 11.5 Å². The number of anilines is 1. The minimum absolute atomic E-state index is 0.196. The molecule has 0 radical (unpaired) electrons. The second kappa shape index (κ2) is 8.56. The van der Waals surface area contributed by atoms with Gasteiger partial charge < -0.3 is 14.7 Å². The predicted octanol–water partition coefficient (Wildman–Crippen LogP) is 2.01. The third kappa shape index (κ3) is 4.14. The van der Waals surface area contributed by atoms with Gasteiger partial charge in [-0.1, -0.05) is 11.8 Å². The van der Waals surface area contributed by atoms with Crippen molar-refractivity contribution in [1.82, 2.24) is 19.6 Å². The van der Waals surface area contributed by atoms with Gasteiger partial charge in [-0.15, -0.1) is 10.2 Å². The van der Waals surface area contributed by atoms with Crippen molar-refractivity contribution in [2.45, 2.75) is 18.6 Å². The summed E-state index contributed by atoms with van der Waals surface area (Å²) in [6.07, 6.45) is 0.743. The zero-order valence-corrected chi connectivity index (χ0v) is 17.1. The smallest absolute Gasteiger partial charge is 0.168 e. The van der Waals surface area contributed by atoms with Gasteiger partial charge in [0.25, 0.3) is 0 Å². The molecule has 1 N–H and O–H groups in total. The predicted molar refractivity (Wildman–Crippen MR) is 111 cm³/mol. The molecule has 0 amide bonds. The van der Waals surface area contributed by atoms with Crippen molar-refractivity contribution < 1.29 is 9.84 Å². The van der Waals surface area contributed by atoms with Crippen molar-refractivity contribution in [2.24, 2.45) is 0 Å². The Hall–Kier alpha value is -3.37. The van der Waals surface area contributed by atoms with E-state index in [1.807, 2.05) is 24.3 Å². The number of methoxy groups -OCH3 is 1. The van der Waals surface area contributed by atoms with Gasteiger partial charge in [0.15, 0.2) is 16.6 Å². The maximum Gasteiger partial charge on any atom is 0.168 e. The monoisotopic (exact) mass is 418 g/mol. The molecule has 1 aromatic carbocycles. The number of aromatic nitrogens is 4. The topological polar surface area (TPSA) is 108 Å². The summed E-state index contributed by atoms with van der Waals surface area (Å²) in [5, 5.41) is 27.2. The van der Waals surface area contributed by atoms with Crippen LogP contribution in [0, 0.1) is 23.2 Å². The summed E-state index contributed by atoms with van der Waals surface area (Å²) in [7, 11) is 1.67. The fraction of sp³-hybridized carbons (Fsp3) is 0.286. The third-order valence-electron chi connectivity index (χ3n) is 4.87. The van der Waals surface area contributed by atoms with Gasteiger partial charge in [-0.05, 0) is 47.9 Å². The first-order valence-electron chi connectivity index (χ1n) is 9.26. The molecule has 1 atom stereocenters. The van der Waals surface area contributed by atoms with Crippen LogP contribution in [0.4, 0.5) is 5.82 Å². The Labute approximate surface area is 178 Å². The molecule has 4 rings (SSSR count). The van der Waals surface area contributed by atoms with Gasteiger partial charge in [0, 0.05) is 25.6 Å². The highest BCUT2D eigenvalue weighted by atomic mass is 32.1. The van der Waals surface area contributed by atoms with Crippen LogP contribution in [-0.4, -0.2) is 50.5 Å². The van der Waals surface area contributed by atoms with E-state index in [2.05, 4.69) is 42.4 Å². The Morgan fingerprint density at radius 2 is 2.00 bits per heavy atom. The molecule has 8 nitrogen and oxygen atoms in total. The summed E-state index contributed by atoms with van der Waals surface area (Å²) < 4.78 is 9.82. The quantitative estimate of drug-likeness (QED) is 0.641. The lowest BCUT2D eigenvalue weighted by Crippen LogP contribution is -2.34. The highest BCUT2D eigenvalue weighted by molar-refractivity contribution is 7.09. The van der Waals surface area contributed by atoms with Crippen molar-refractivity contribution in [1.29, 1.82) is 5.26 Å². The minimum Gasteiger partial charge on any atom is -0.388 e. The van der Waals surface area contributed by atoms with Crippen LogP contribution in [0.25, 0.3) is 10.7 Å². The van der Waals surface area contributed by atoms with Gasteiger partial charge >= 0.3 is 0 Å². The van der Waals surface area contributed by atoms with E-state index in [1.54, 1.807) is 19.2 Å². The van der Waals surface area contributed by atoms with Gasteiger partial charge in [-0.3, -0.25) is 0 Å². The maximum atomic E-state index is 9.10. The molecule has 30 heavy (non-hydrogen) atoms. The van der Waals surface area contributed by atoms with Gasteiger partial charge in [0.2, 0.25) is 0 Å². The molecule has 0 aliphatic carbocycles. The van der Waals surface area contributed by atoms with E-state index in [4.69, 9.17) is 15.1 Å². The number of nitriles is 1. The number of benzene rings is 1. The van der Waals surface area contributed by atoms with E-state index in [1.165, 1.54) is 11.5 Å². The zero-order chi connectivity index (χ0) is 21.0. The maximum absolute atomic E-state index is 9.10. The Balaban J connectivity index is 1.48. The summed E-state index contributed by atoms with van der Waals surface area (Å²) in [5.74, 6) is 7.54. The highest BCUT2D eigenvalue weighted by Crippen LogP contribution is 2.28. The fourth-order valence-corrected chi connectivity index (χ4v) is 3.78. The number of aliphatic hydroxyl groups is 1. The normalized spacial score (nSPS) is 18.0. The van der Waals surface area contributed by atoms with E-state index in [9.17, 15) is 0 Å². The lowest BCUT2D eigenvalue weighted by Gasteiger charge is -2.22. The van der Waals surface area contributed by atoms with Crippen molar-refractivity contribution in [2.75, 3.05) is 25.1 Å². The zero-order valence-electron chi connectivity index (χ0n) is 16.2. The molecule has 3 aromatic rings. The SMILES string of the molecule is COC1(C#Cc2ccc(C#N)cc2)CCN(c2ccc(-c3nc(CO)ns3)nn2)C1. The number of aliphatic hydroxyl groups excluding tert-OH is 1. The Morgan fingerprint density at radius 1 is 1.20 bits per heavy atom. The molecule has 1 saturated heterocycles. The Kier molecular flexibility index (Phi) is 5.68. The number of hydrogen-bond donors (Lipinski definition) is 1. The molecular formula is C21H18N6O2S. The number of nitrogens with zero attached hydrogens (tertiary/aromatic N) is 6. The van der Waals surface area contributed by atoms with Crippen LogP contribution < -0.4 is 4.90 Å². The largest absolute Gasteiger partial charge is 0.388 e. The molecule has 2 aromatic heterocycles. The first kappa shape index (κ1) is 19.9. The van der Waals surface area contributed by atoms with E-state index < -0.39 is 5.60 Å². The highest BCUT2D eigenvalue weighted by Gasteiger charge is 2.37. The van der Waals surface area contributed by atoms with Crippen LogP contribution in [0.2, 0.25) is 0 Å². The molecule has 9 heteroatoms. The van der Waals surface area contributed by atoms with Crippen LogP contribution in [0.5, 0.6) is 0 Å². The van der Waals surface area contributed by atoms with Crippen LogP contribution in [0.3, 0.4) is 0 Å². The molecule has 150 valence electrons. The molecule has 1 fully saturated rings. The molecule has 0 saturated carbocycles. The first-order chi connectivity index (χ1) is 14.6. The summed E-state index contributed by atoms with van der Waals surface area (Å²) in [6.45, 7) is 1.13. The van der Waals surface area contributed by atoms with E-state index in [0.717, 1.165) is 24.3 Å². The lowest BCUT2D eigenvalue weighted by molar-refractivity contribution is 0.0602. The minimum atomic E-state index is -0.594. The summed E-state index contributed by atoms with van der Waals surface area (Å²) in [6, 6.07) is 13.0. The average Bonchev–Trinajstić information content (AvgIpc) is 3.46. The molecule has 0 spiro atoms. The summed E-state index contributed by atoms with van der Waals surface area (Å²) in [4.78, 5) is 6.30. The van der Waals surface area contributed by atoms with E-state index >= 15 is 0 Å². The summed E-state index contributed by atoms with van der Waals surface area (Å²) in [5.41, 5.74) is 1.47. The van der Waals surface area contributed by atoms with Crippen molar-refractivity contribution in [3.05, 3.63) is 53.3 Å². The number of rotatable bonds is 4. The molecular weight excluding hydrogens is 400 g/mol. The van der Waals surface area contributed by atoms with Gasteiger partial charge in [-0.2, -0.15) is 9.64 Å². The lowest BCUT2D eigenvalue weighted by atomic mass is 10.0. The molecule has 1 aliphatic heterocycles. The Bertz CT molecular complexity index is 1130. The van der Waals surface area contributed by atoms with Crippen LogP contribution in [0.1, 0.15) is 23.4 Å². The molecule has 1 unspecified atom stereocenters.